The van der Waals surface area contributed by atoms with Gasteiger partial charge in [0.25, 0.3) is 5.91 Å². The number of hydrogen-bond acceptors (Lipinski definition) is 5. The highest BCUT2D eigenvalue weighted by Crippen LogP contribution is 2.40. The highest BCUT2D eigenvalue weighted by molar-refractivity contribution is 7.17. The molecule has 1 aliphatic carbocycles. The van der Waals surface area contributed by atoms with Crippen LogP contribution >= 0.6 is 11.3 Å². The number of esters is 1. The fourth-order valence-corrected chi connectivity index (χ4v) is 4.67. The van der Waals surface area contributed by atoms with Crippen LogP contribution in [-0.2, 0) is 22.4 Å². The molecule has 1 N–H and O–H groups in total. The number of ether oxygens (including phenoxy) is 1. The number of methoxy groups -OCH3 is 1. The molecule has 1 amide bonds. The lowest BCUT2D eigenvalue weighted by atomic mass is 10.0. The van der Waals surface area contributed by atoms with Gasteiger partial charge in [0.05, 0.1) is 24.5 Å². The summed E-state index contributed by atoms with van der Waals surface area (Å²) in [7, 11) is 1.36. The van der Waals surface area contributed by atoms with Crippen molar-refractivity contribution in [1.29, 1.82) is 0 Å². The molecule has 3 aromatic rings. The number of carbonyl (C=O) groups is 2. The van der Waals surface area contributed by atoms with Crippen LogP contribution in [0.1, 0.15) is 38.5 Å². The largest absolute Gasteiger partial charge is 0.465 e. The number of furan rings is 1. The number of nitrogens with one attached hydrogen (secondary N) is 1. The van der Waals surface area contributed by atoms with Crippen LogP contribution in [0.2, 0.25) is 0 Å². The van der Waals surface area contributed by atoms with Crippen LogP contribution in [0.5, 0.6) is 0 Å². The summed E-state index contributed by atoms with van der Waals surface area (Å²) < 4.78 is 10.3. The molecule has 0 bridgehead atoms. The zero-order chi connectivity index (χ0) is 19.5. The topological polar surface area (TPSA) is 68.5 Å². The van der Waals surface area contributed by atoms with Crippen LogP contribution in [-0.4, -0.2) is 19.0 Å². The van der Waals surface area contributed by atoms with Crippen LogP contribution in [0, 0.1) is 0 Å². The van der Waals surface area contributed by atoms with Crippen molar-refractivity contribution in [1.82, 2.24) is 0 Å². The Bertz CT molecular complexity index is 1030. The van der Waals surface area contributed by atoms with E-state index in [-0.39, 0.29) is 5.91 Å². The summed E-state index contributed by atoms with van der Waals surface area (Å²) in [6.07, 6.45) is 6.04. The van der Waals surface area contributed by atoms with Crippen molar-refractivity contribution in [2.75, 3.05) is 12.4 Å². The van der Waals surface area contributed by atoms with E-state index in [4.69, 9.17) is 9.15 Å². The van der Waals surface area contributed by atoms with Gasteiger partial charge in [-0.15, -0.1) is 11.3 Å². The first-order valence-electron chi connectivity index (χ1n) is 9.02. The van der Waals surface area contributed by atoms with Gasteiger partial charge in [0, 0.05) is 4.88 Å². The van der Waals surface area contributed by atoms with Gasteiger partial charge in [0.2, 0.25) is 0 Å². The number of carbonyl (C=O) groups excluding carboxylic acids is 2. The molecule has 0 unspecified atom stereocenters. The highest BCUT2D eigenvalue weighted by atomic mass is 32.1. The molecule has 0 atom stereocenters. The Balaban J connectivity index is 1.71. The molecular formula is C22H19NO4S. The van der Waals surface area contributed by atoms with E-state index in [0.717, 1.165) is 35.3 Å². The third-order valence-corrected chi connectivity index (χ3v) is 5.90. The molecule has 0 saturated carbocycles. The minimum absolute atomic E-state index is 0.298. The minimum Gasteiger partial charge on any atom is -0.465 e. The second-order valence-electron chi connectivity index (χ2n) is 6.45. The van der Waals surface area contributed by atoms with Gasteiger partial charge in [-0.25, -0.2) is 4.79 Å². The molecule has 0 saturated heterocycles. The Kier molecular flexibility index (Phi) is 5.12. The Hall–Kier alpha value is -3.12. The van der Waals surface area contributed by atoms with E-state index in [1.165, 1.54) is 18.4 Å². The van der Waals surface area contributed by atoms with Gasteiger partial charge < -0.3 is 14.5 Å². The lowest BCUT2D eigenvalue weighted by molar-refractivity contribution is -0.111. The van der Waals surface area contributed by atoms with Gasteiger partial charge in [-0.2, -0.15) is 0 Å². The Labute approximate surface area is 166 Å². The number of aryl methyl sites for hydroxylation is 1. The van der Waals surface area contributed by atoms with Crippen LogP contribution in [0.4, 0.5) is 5.00 Å². The fraction of sp³-hybridized carbons (Fsp3) is 0.182. The summed E-state index contributed by atoms with van der Waals surface area (Å²) in [5.41, 5.74) is 2.71. The van der Waals surface area contributed by atoms with E-state index >= 15 is 0 Å². The second kappa shape index (κ2) is 7.86. The maximum Gasteiger partial charge on any atom is 0.341 e. The van der Waals surface area contributed by atoms with Crippen molar-refractivity contribution in [3.8, 4) is 0 Å². The van der Waals surface area contributed by atoms with Gasteiger partial charge in [-0.1, -0.05) is 30.3 Å². The average molecular weight is 393 g/mol. The second-order valence-corrected chi connectivity index (χ2v) is 7.55. The number of fused-ring (bicyclic) bond motifs is 1. The van der Waals surface area contributed by atoms with E-state index in [9.17, 15) is 9.59 Å². The number of hydrogen-bond donors (Lipinski definition) is 1. The summed E-state index contributed by atoms with van der Waals surface area (Å²) in [6, 6.07) is 12.9. The van der Waals surface area contributed by atoms with E-state index in [2.05, 4.69) is 5.32 Å². The average Bonchev–Trinajstić information content (AvgIpc) is 3.44. The van der Waals surface area contributed by atoms with E-state index < -0.39 is 5.97 Å². The molecule has 0 fully saturated rings. The number of amides is 1. The van der Waals surface area contributed by atoms with Crippen LogP contribution in [0.15, 0.2) is 53.1 Å². The number of rotatable bonds is 5. The van der Waals surface area contributed by atoms with E-state index in [0.29, 0.717) is 21.9 Å². The smallest absolute Gasteiger partial charge is 0.341 e. The molecule has 5 nitrogen and oxygen atoms in total. The number of benzene rings is 1. The van der Waals surface area contributed by atoms with Crippen molar-refractivity contribution in [3.63, 3.8) is 0 Å². The zero-order valence-electron chi connectivity index (χ0n) is 15.4. The molecule has 6 heteroatoms. The number of thiophene rings is 1. The van der Waals surface area contributed by atoms with Gasteiger partial charge in [-0.05, 0) is 48.6 Å². The summed E-state index contributed by atoms with van der Waals surface area (Å²) in [5.74, 6) is -0.130. The molecule has 2 heterocycles. The van der Waals surface area contributed by atoms with Gasteiger partial charge in [0.1, 0.15) is 10.8 Å². The highest BCUT2D eigenvalue weighted by Gasteiger charge is 2.28. The molecule has 1 aliphatic rings. The standard InChI is InChI=1S/C22H19NO4S/c1-26-22(25)19-16-10-5-11-18(16)28-21(19)23-20(24)17(13-15-9-6-12-27-15)14-7-3-2-4-8-14/h2-4,6-9,12-13H,5,10-11H2,1H3,(H,23,24)/b17-13+. The minimum atomic E-state index is -0.411. The van der Waals surface area contributed by atoms with Crippen molar-refractivity contribution in [2.45, 2.75) is 19.3 Å². The van der Waals surface area contributed by atoms with E-state index in [1.807, 2.05) is 30.3 Å². The Morgan fingerprint density at radius 1 is 1.14 bits per heavy atom. The van der Waals surface area contributed by atoms with Crippen LogP contribution in [0.25, 0.3) is 11.6 Å². The summed E-state index contributed by atoms with van der Waals surface area (Å²) >= 11 is 1.46. The molecule has 28 heavy (non-hydrogen) atoms. The molecular weight excluding hydrogens is 374 g/mol. The zero-order valence-corrected chi connectivity index (χ0v) is 16.2. The maximum absolute atomic E-state index is 13.2. The van der Waals surface area contributed by atoms with Gasteiger partial charge in [0.15, 0.2) is 0 Å². The quantitative estimate of drug-likeness (QED) is 0.500. The molecule has 1 aromatic carbocycles. The Morgan fingerprint density at radius 2 is 1.96 bits per heavy atom. The molecule has 0 spiro atoms. The predicted molar refractivity (Wildman–Crippen MR) is 109 cm³/mol. The van der Waals surface area contributed by atoms with Crippen molar-refractivity contribution >= 4 is 39.9 Å². The van der Waals surface area contributed by atoms with Gasteiger partial charge in [-0.3, -0.25) is 4.79 Å². The van der Waals surface area contributed by atoms with Crippen LogP contribution < -0.4 is 5.32 Å². The molecule has 0 radical (unpaired) electrons. The molecule has 2 aromatic heterocycles. The third-order valence-electron chi connectivity index (χ3n) is 4.70. The lowest BCUT2D eigenvalue weighted by Crippen LogP contribution is -2.16. The predicted octanol–water partition coefficient (Wildman–Crippen LogP) is 4.80. The van der Waals surface area contributed by atoms with Gasteiger partial charge >= 0.3 is 5.97 Å². The first-order valence-corrected chi connectivity index (χ1v) is 9.84. The van der Waals surface area contributed by atoms with Crippen molar-refractivity contribution in [3.05, 3.63) is 76.1 Å². The Morgan fingerprint density at radius 3 is 2.68 bits per heavy atom. The monoisotopic (exact) mass is 393 g/mol. The summed E-state index contributed by atoms with van der Waals surface area (Å²) in [5, 5.41) is 3.48. The first-order chi connectivity index (χ1) is 13.7. The van der Waals surface area contributed by atoms with Crippen LogP contribution in [0.3, 0.4) is 0 Å². The summed E-state index contributed by atoms with van der Waals surface area (Å²) in [6.45, 7) is 0. The molecule has 142 valence electrons. The third kappa shape index (κ3) is 3.51. The SMILES string of the molecule is COC(=O)c1c(NC(=O)/C(=C/c2ccco2)c2ccccc2)sc2c1CCC2. The normalized spacial score (nSPS) is 13.2. The van der Waals surface area contributed by atoms with Crippen molar-refractivity contribution in [2.24, 2.45) is 0 Å². The molecule has 4 rings (SSSR count). The van der Waals surface area contributed by atoms with Crippen molar-refractivity contribution < 1.29 is 18.7 Å². The number of anilines is 1. The summed E-state index contributed by atoms with van der Waals surface area (Å²) in [4.78, 5) is 26.6. The first kappa shape index (κ1) is 18.3. The maximum atomic E-state index is 13.2. The van der Waals surface area contributed by atoms with E-state index in [1.54, 1.807) is 24.5 Å². The lowest BCUT2D eigenvalue weighted by Gasteiger charge is -2.10. The fourth-order valence-electron chi connectivity index (χ4n) is 3.39. The molecule has 0 aliphatic heterocycles.